The zero-order valence-corrected chi connectivity index (χ0v) is 9.88. The van der Waals surface area contributed by atoms with Crippen molar-refractivity contribution >= 4 is 25.5 Å². The molecule has 2 nitrogen and oxygen atoms in total. The lowest BCUT2D eigenvalue weighted by molar-refractivity contribution is 0.266. The second kappa shape index (κ2) is 5.88. The maximum absolute atomic E-state index is 5.21. The molecule has 78 valence electrons. The van der Waals surface area contributed by atoms with Crippen LogP contribution in [0.15, 0.2) is 23.6 Å². The molecule has 0 aromatic carbocycles. The highest BCUT2D eigenvalue weighted by Crippen LogP contribution is 2.16. The van der Waals surface area contributed by atoms with E-state index >= 15 is 0 Å². The maximum Gasteiger partial charge on any atom is 0.283 e. The van der Waals surface area contributed by atoms with Crippen LogP contribution in [0, 0.1) is 6.92 Å². The zero-order chi connectivity index (χ0) is 11.3. The molecule has 4 heteroatoms. The van der Waals surface area contributed by atoms with Crippen LogP contribution in [0.25, 0.3) is 6.08 Å². The Kier molecular flexibility index (Phi) is 4.79. The third-order valence-corrected chi connectivity index (χ3v) is 2.86. The molecule has 0 N–H and O–H groups in total. The summed E-state index contributed by atoms with van der Waals surface area (Å²) in [5.41, 5.74) is 2.02. The third-order valence-electron chi connectivity index (χ3n) is 2.07. The van der Waals surface area contributed by atoms with E-state index in [9.17, 15) is 0 Å². The van der Waals surface area contributed by atoms with Gasteiger partial charge in [-0.05, 0) is 31.9 Å². The van der Waals surface area contributed by atoms with E-state index in [4.69, 9.17) is 12.7 Å². The van der Waals surface area contributed by atoms with Crippen LogP contribution in [0.2, 0.25) is 0 Å². The highest BCUT2D eigenvalue weighted by atomic mass is 32.1. The van der Waals surface area contributed by atoms with Gasteiger partial charge >= 0.3 is 0 Å². The fourth-order valence-electron chi connectivity index (χ4n) is 1.27. The molecule has 0 saturated carbocycles. The first-order chi connectivity index (χ1) is 7.17. The largest absolute Gasteiger partial charge is 0.441 e. The number of hydrogen-bond acceptors (Lipinski definition) is 3. The van der Waals surface area contributed by atoms with Gasteiger partial charge in [-0.2, -0.15) is 0 Å². The number of nitrogens with zero attached hydrogens (tertiary/aromatic N) is 1. The van der Waals surface area contributed by atoms with E-state index in [2.05, 4.69) is 11.6 Å². The Morgan fingerprint density at radius 1 is 1.80 bits per heavy atom. The normalized spacial score (nSPS) is 13.9. The molecule has 1 aromatic heterocycles. The van der Waals surface area contributed by atoms with Crippen molar-refractivity contribution in [1.29, 1.82) is 0 Å². The molecular weight excluding hydrogens is 205 g/mol. The topological polar surface area (TPSA) is 22.1 Å². The minimum absolute atomic E-state index is 0.107. The van der Waals surface area contributed by atoms with Gasteiger partial charge in [-0.1, -0.05) is 6.08 Å². The van der Waals surface area contributed by atoms with Gasteiger partial charge in [0.05, 0.1) is 16.8 Å². The predicted octanol–water partition coefficient (Wildman–Crippen LogP) is 2.90. The summed E-state index contributed by atoms with van der Waals surface area (Å²) in [6, 6.07) is 0. The average molecular weight is 219 g/mol. The number of rotatable bonds is 5. The van der Waals surface area contributed by atoms with Gasteiger partial charge in [0, 0.05) is 5.38 Å². The first-order valence-corrected chi connectivity index (χ1v) is 5.62. The molecule has 0 amide bonds. The van der Waals surface area contributed by atoms with E-state index in [0.717, 1.165) is 16.3 Å². The fraction of sp³-hybridized carbons (Fsp3) is 0.364. The molecular formula is C11H14BNOS. The average Bonchev–Trinajstić information content (AvgIpc) is 2.60. The maximum atomic E-state index is 5.21. The minimum Gasteiger partial charge on any atom is -0.441 e. The van der Waals surface area contributed by atoms with Gasteiger partial charge in [0.25, 0.3) is 8.05 Å². The Morgan fingerprint density at radius 2 is 2.53 bits per heavy atom. The van der Waals surface area contributed by atoms with Crippen molar-refractivity contribution in [3.05, 3.63) is 34.3 Å². The van der Waals surface area contributed by atoms with Crippen molar-refractivity contribution in [1.82, 2.24) is 4.98 Å². The van der Waals surface area contributed by atoms with Crippen LogP contribution in [0.1, 0.15) is 24.0 Å². The summed E-state index contributed by atoms with van der Waals surface area (Å²) >= 11 is 1.63. The summed E-state index contributed by atoms with van der Waals surface area (Å²) in [5.74, 6) is 0. The lowest BCUT2D eigenvalue weighted by Crippen LogP contribution is -2.11. The van der Waals surface area contributed by atoms with Crippen LogP contribution >= 0.6 is 11.3 Å². The van der Waals surface area contributed by atoms with Crippen molar-refractivity contribution in [3.63, 3.8) is 0 Å². The number of hydrogen-bond donors (Lipinski definition) is 0. The molecule has 1 atom stereocenters. The quantitative estimate of drug-likeness (QED) is 0.561. The van der Waals surface area contributed by atoms with Crippen molar-refractivity contribution in [3.8, 4) is 0 Å². The van der Waals surface area contributed by atoms with E-state index in [1.165, 1.54) is 0 Å². The van der Waals surface area contributed by atoms with Gasteiger partial charge in [0.2, 0.25) is 0 Å². The molecule has 0 fully saturated rings. The predicted molar refractivity (Wildman–Crippen MR) is 65.9 cm³/mol. The highest BCUT2D eigenvalue weighted by Gasteiger charge is 2.07. The monoisotopic (exact) mass is 219 g/mol. The van der Waals surface area contributed by atoms with Gasteiger partial charge < -0.3 is 4.65 Å². The van der Waals surface area contributed by atoms with Gasteiger partial charge in [0.15, 0.2) is 0 Å². The van der Waals surface area contributed by atoms with Crippen LogP contribution in [0.4, 0.5) is 0 Å². The van der Waals surface area contributed by atoms with Crippen molar-refractivity contribution in [2.45, 2.75) is 26.4 Å². The van der Waals surface area contributed by atoms with E-state index in [1.54, 1.807) is 17.4 Å². The molecule has 0 aliphatic carbocycles. The molecule has 0 aliphatic rings. The molecule has 0 aliphatic heterocycles. The van der Waals surface area contributed by atoms with E-state index < -0.39 is 0 Å². The first-order valence-electron chi connectivity index (χ1n) is 4.74. The van der Waals surface area contributed by atoms with Crippen molar-refractivity contribution < 1.29 is 4.65 Å². The fourth-order valence-corrected chi connectivity index (χ4v) is 1.84. The van der Waals surface area contributed by atoms with E-state index in [-0.39, 0.29) is 6.10 Å². The van der Waals surface area contributed by atoms with Gasteiger partial charge in [0.1, 0.15) is 0 Å². The van der Waals surface area contributed by atoms with Gasteiger partial charge in [-0.25, -0.2) is 4.98 Å². The molecule has 1 heterocycles. The molecule has 1 rings (SSSR count). The molecule has 2 radical (unpaired) electrons. The standard InChI is InChI=1S/C11H14BNOS/c1-4-5-11(14-12)8(2)6-10-7-15-9(3)13-10/h4,6-7,11H,1,5H2,2-3H3. The molecule has 15 heavy (non-hydrogen) atoms. The summed E-state index contributed by atoms with van der Waals surface area (Å²) in [6.07, 6.45) is 4.39. The van der Waals surface area contributed by atoms with Crippen LogP contribution in [0.5, 0.6) is 0 Å². The van der Waals surface area contributed by atoms with Crippen LogP contribution in [0.3, 0.4) is 0 Å². The summed E-state index contributed by atoms with van der Waals surface area (Å²) < 4.78 is 4.87. The summed E-state index contributed by atoms with van der Waals surface area (Å²) in [7, 11) is 5.21. The second-order valence-corrected chi connectivity index (χ2v) is 4.39. The van der Waals surface area contributed by atoms with E-state index in [0.29, 0.717) is 6.42 Å². The molecule has 0 bridgehead atoms. The minimum atomic E-state index is -0.107. The van der Waals surface area contributed by atoms with Gasteiger partial charge in [-0.15, -0.1) is 17.9 Å². The Hall–Kier alpha value is -0.865. The smallest absolute Gasteiger partial charge is 0.283 e. The molecule has 0 saturated heterocycles. The Bertz CT molecular complexity index is 359. The van der Waals surface area contributed by atoms with Crippen LogP contribution in [-0.4, -0.2) is 19.1 Å². The summed E-state index contributed by atoms with van der Waals surface area (Å²) in [4.78, 5) is 4.35. The number of thiazole rings is 1. The summed E-state index contributed by atoms with van der Waals surface area (Å²) in [5, 5.41) is 3.07. The Labute approximate surface area is 96.1 Å². The zero-order valence-electron chi connectivity index (χ0n) is 9.06. The Morgan fingerprint density at radius 3 is 3.00 bits per heavy atom. The SMILES string of the molecule is [B]OC(CC=C)C(C)=Cc1csc(C)n1. The highest BCUT2D eigenvalue weighted by molar-refractivity contribution is 7.09. The lowest BCUT2D eigenvalue weighted by Gasteiger charge is -2.14. The van der Waals surface area contributed by atoms with E-state index in [1.807, 2.05) is 25.3 Å². The van der Waals surface area contributed by atoms with Crippen LogP contribution < -0.4 is 0 Å². The first kappa shape index (κ1) is 12.2. The second-order valence-electron chi connectivity index (χ2n) is 3.33. The summed E-state index contributed by atoms with van der Waals surface area (Å²) in [6.45, 7) is 7.63. The number of aromatic nitrogens is 1. The number of aryl methyl sites for hydroxylation is 1. The van der Waals surface area contributed by atoms with Crippen LogP contribution in [-0.2, 0) is 4.65 Å². The van der Waals surface area contributed by atoms with Gasteiger partial charge in [-0.3, -0.25) is 0 Å². The Balaban J connectivity index is 2.76. The third kappa shape index (κ3) is 3.65. The molecule has 1 aromatic rings. The molecule has 0 spiro atoms. The van der Waals surface area contributed by atoms with Crippen molar-refractivity contribution in [2.24, 2.45) is 0 Å². The van der Waals surface area contributed by atoms with Crippen molar-refractivity contribution in [2.75, 3.05) is 0 Å². The molecule has 1 unspecified atom stereocenters. The lowest BCUT2D eigenvalue weighted by atomic mass is 10.1.